The Kier molecular flexibility index (Phi) is 6.52. The van der Waals surface area contributed by atoms with E-state index in [4.69, 9.17) is 17.3 Å². The molecule has 0 aromatic heterocycles. The van der Waals surface area contributed by atoms with E-state index < -0.39 is 29.2 Å². The summed E-state index contributed by atoms with van der Waals surface area (Å²) in [4.78, 5) is 27.4. The third-order valence-corrected chi connectivity index (χ3v) is 5.15. The van der Waals surface area contributed by atoms with Crippen molar-refractivity contribution in [2.75, 3.05) is 42.9 Å². The molecule has 2 amide bonds. The number of amides is 2. The van der Waals surface area contributed by atoms with Crippen LogP contribution in [0.25, 0.3) is 0 Å². The number of hydrogen-bond donors (Lipinski definition) is 2. The molecule has 2 aromatic carbocycles. The highest BCUT2D eigenvalue weighted by Crippen LogP contribution is 2.38. The molecule has 3 rings (SSSR count). The fourth-order valence-corrected chi connectivity index (χ4v) is 3.49. The molecule has 1 aliphatic heterocycles. The molecule has 1 aliphatic rings. The average molecular weight is 441 g/mol. The van der Waals surface area contributed by atoms with E-state index in [1.165, 1.54) is 12.1 Å². The van der Waals surface area contributed by atoms with Gasteiger partial charge in [-0.15, -0.1) is 0 Å². The number of benzene rings is 2. The molecular formula is C20H20ClF3N4O2. The Labute approximate surface area is 176 Å². The lowest BCUT2D eigenvalue weighted by atomic mass is 10.1. The number of nitrogens with two attached hydrogens (primary N) is 1. The monoisotopic (exact) mass is 440 g/mol. The van der Waals surface area contributed by atoms with Crippen LogP contribution < -0.4 is 16.0 Å². The summed E-state index contributed by atoms with van der Waals surface area (Å²) in [6, 6.07) is 10.3. The van der Waals surface area contributed by atoms with Gasteiger partial charge in [-0.3, -0.25) is 14.5 Å². The summed E-state index contributed by atoms with van der Waals surface area (Å²) in [5.41, 5.74) is 5.18. The van der Waals surface area contributed by atoms with Gasteiger partial charge in [0.15, 0.2) is 0 Å². The fraction of sp³-hybridized carbons (Fsp3) is 0.300. The van der Waals surface area contributed by atoms with Crippen LogP contribution in [0.5, 0.6) is 0 Å². The maximum Gasteiger partial charge on any atom is 0.418 e. The minimum absolute atomic E-state index is 0.0447. The number of halogens is 4. The van der Waals surface area contributed by atoms with Gasteiger partial charge in [-0.25, -0.2) is 0 Å². The van der Waals surface area contributed by atoms with Crippen molar-refractivity contribution in [1.82, 2.24) is 4.90 Å². The molecule has 0 bridgehead atoms. The van der Waals surface area contributed by atoms with Crippen LogP contribution in [0, 0.1) is 0 Å². The van der Waals surface area contributed by atoms with Gasteiger partial charge in [-0.1, -0.05) is 17.7 Å². The van der Waals surface area contributed by atoms with Gasteiger partial charge >= 0.3 is 6.18 Å². The molecular weight excluding hydrogens is 421 g/mol. The van der Waals surface area contributed by atoms with Crippen molar-refractivity contribution in [2.24, 2.45) is 5.73 Å². The number of piperazine rings is 1. The maximum atomic E-state index is 13.2. The largest absolute Gasteiger partial charge is 0.418 e. The lowest BCUT2D eigenvalue weighted by molar-refractivity contribution is -0.137. The number of hydrogen-bond acceptors (Lipinski definition) is 4. The number of carbonyl (C=O) groups is 2. The second kappa shape index (κ2) is 8.93. The molecule has 10 heteroatoms. The first kappa shape index (κ1) is 21.9. The number of anilines is 2. The second-order valence-electron chi connectivity index (χ2n) is 6.88. The molecule has 1 fully saturated rings. The van der Waals surface area contributed by atoms with E-state index in [0.717, 1.165) is 11.8 Å². The molecule has 2 aromatic rings. The van der Waals surface area contributed by atoms with Gasteiger partial charge in [0, 0.05) is 37.4 Å². The number of rotatable bonds is 5. The summed E-state index contributed by atoms with van der Waals surface area (Å²) in [6.07, 6.45) is -4.62. The van der Waals surface area contributed by atoms with E-state index in [9.17, 15) is 22.8 Å². The number of carbonyl (C=O) groups excluding carboxylic acids is 2. The quantitative estimate of drug-likeness (QED) is 0.748. The summed E-state index contributed by atoms with van der Waals surface area (Å²) in [5, 5.41) is 2.14. The SMILES string of the molecule is NC(=O)c1ccc(N2CCN(CC(=O)Nc3c(Cl)cccc3C(F)(F)F)CC2)cc1. The predicted molar refractivity (Wildman–Crippen MR) is 109 cm³/mol. The Hall–Kier alpha value is -2.78. The fourth-order valence-electron chi connectivity index (χ4n) is 3.27. The Balaban J connectivity index is 1.57. The van der Waals surface area contributed by atoms with Gasteiger partial charge in [-0.2, -0.15) is 13.2 Å². The zero-order valence-electron chi connectivity index (χ0n) is 15.9. The number of nitrogens with one attached hydrogen (secondary N) is 1. The van der Waals surface area contributed by atoms with Crippen molar-refractivity contribution in [2.45, 2.75) is 6.18 Å². The predicted octanol–water partition coefficient (Wildman–Crippen LogP) is 3.22. The van der Waals surface area contributed by atoms with Crippen molar-refractivity contribution in [3.63, 3.8) is 0 Å². The van der Waals surface area contributed by atoms with E-state index in [0.29, 0.717) is 31.7 Å². The second-order valence-corrected chi connectivity index (χ2v) is 7.29. The zero-order valence-corrected chi connectivity index (χ0v) is 16.6. The van der Waals surface area contributed by atoms with Crippen molar-refractivity contribution < 1.29 is 22.8 Å². The van der Waals surface area contributed by atoms with Crippen LogP contribution >= 0.6 is 11.6 Å². The van der Waals surface area contributed by atoms with Gasteiger partial charge in [0.25, 0.3) is 0 Å². The van der Waals surface area contributed by atoms with Gasteiger partial charge in [0.2, 0.25) is 11.8 Å². The number of nitrogens with zero attached hydrogens (tertiary/aromatic N) is 2. The number of primary amides is 1. The van der Waals surface area contributed by atoms with E-state index in [1.807, 2.05) is 4.90 Å². The molecule has 6 nitrogen and oxygen atoms in total. The Bertz CT molecular complexity index is 927. The summed E-state index contributed by atoms with van der Waals surface area (Å²) >= 11 is 5.88. The summed E-state index contributed by atoms with van der Waals surface area (Å²) in [5.74, 6) is -1.06. The molecule has 1 saturated heterocycles. The zero-order chi connectivity index (χ0) is 21.9. The molecule has 30 heavy (non-hydrogen) atoms. The van der Waals surface area contributed by atoms with E-state index >= 15 is 0 Å². The van der Waals surface area contributed by atoms with Gasteiger partial charge in [0.05, 0.1) is 22.8 Å². The smallest absolute Gasteiger partial charge is 0.369 e. The Morgan fingerprint density at radius 1 is 1.03 bits per heavy atom. The first-order chi connectivity index (χ1) is 14.1. The summed E-state index contributed by atoms with van der Waals surface area (Å²) < 4.78 is 39.5. The number of alkyl halides is 3. The van der Waals surface area contributed by atoms with Crippen molar-refractivity contribution in [1.29, 1.82) is 0 Å². The normalized spacial score (nSPS) is 15.1. The topological polar surface area (TPSA) is 78.7 Å². The summed E-state index contributed by atoms with van der Waals surface area (Å²) in [6.45, 7) is 2.32. The molecule has 0 unspecified atom stereocenters. The molecule has 3 N–H and O–H groups in total. The molecule has 1 heterocycles. The molecule has 0 saturated carbocycles. The van der Waals surface area contributed by atoms with Crippen molar-refractivity contribution in [3.8, 4) is 0 Å². The first-order valence-corrected chi connectivity index (χ1v) is 9.55. The molecule has 0 spiro atoms. The van der Waals surface area contributed by atoms with E-state index in [2.05, 4.69) is 10.2 Å². The van der Waals surface area contributed by atoms with Crippen LogP contribution in [0.3, 0.4) is 0 Å². The van der Waals surface area contributed by atoms with Gasteiger partial charge in [-0.05, 0) is 36.4 Å². The van der Waals surface area contributed by atoms with Gasteiger partial charge < -0.3 is 16.0 Å². The third-order valence-electron chi connectivity index (χ3n) is 4.84. The molecule has 0 atom stereocenters. The van der Waals surface area contributed by atoms with Crippen LogP contribution in [0.1, 0.15) is 15.9 Å². The lowest BCUT2D eigenvalue weighted by Gasteiger charge is -2.35. The lowest BCUT2D eigenvalue weighted by Crippen LogP contribution is -2.48. The third kappa shape index (κ3) is 5.22. The minimum Gasteiger partial charge on any atom is -0.369 e. The maximum absolute atomic E-state index is 13.2. The van der Waals surface area contributed by atoms with Gasteiger partial charge in [0.1, 0.15) is 0 Å². The Morgan fingerprint density at radius 2 is 1.67 bits per heavy atom. The first-order valence-electron chi connectivity index (χ1n) is 9.18. The minimum atomic E-state index is -4.62. The van der Waals surface area contributed by atoms with Crippen LogP contribution in [-0.2, 0) is 11.0 Å². The molecule has 0 radical (unpaired) electrons. The highest BCUT2D eigenvalue weighted by molar-refractivity contribution is 6.34. The van der Waals surface area contributed by atoms with Crippen LogP contribution in [-0.4, -0.2) is 49.4 Å². The van der Waals surface area contributed by atoms with Crippen LogP contribution in [0.4, 0.5) is 24.5 Å². The Morgan fingerprint density at radius 3 is 2.23 bits per heavy atom. The standard InChI is InChI=1S/C20H20ClF3N4O2/c21-16-3-1-2-15(20(22,23)24)18(16)26-17(29)12-27-8-10-28(11-9-27)14-6-4-13(5-7-14)19(25)30/h1-7H,8-12H2,(H2,25,30)(H,26,29). The average Bonchev–Trinajstić information content (AvgIpc) is 2.69. The van der Waals surface area contributed by atoms with Crippen molar-refractivity contribution >= 4 is 34.8 Å². The molecule has 0 aliphatic carbocycles. The number of para-hydroxylation sites is 1. The highest BCUT2D eigenvalue weighted by atomic mass is 35.5. The van der Waals surface area contributed by atoms with Crippen LogP contribution in [0.2, 0.25) is 5.02 Å². The van der Waals surface area contributed by atoms with Crippen LogP contribution in [0.15, 0.2) is 42.5 Å². The molecule has 160 valence electrons. The summed E-state index contributed by atoms with van der Waals surface area (Å²) in [7, 11) is 0. The van der Waals surface area contributed by atoms with Crippen molar-refractivity contribution in [3.05, 3.63) is 58.6 Å². The van der Waals surface area contributed by atoms with E-state index in [1.54, 1.807) is 24.3 Å². The highest BCUT2D eigenvalue weighted by Gasteiger charge is 2.35. The van der Waals surface area contributed by atoms with E-state index in [-0.39, 0.29) is 11.6 Å².